The number of hydrogen-bond acceptors (Lipinski definition) is 3. The average Bonchev–Trinajstić information content (AvgIpc) is 2.26. The van der Waals surface area contributed by atoms with Crippen LogP contribution in [0.15, 0.2) is 12.7 Å². The van der Waals surface area contributed by atoms with Gasteiger partial charge in [0.15, 0.2) is 5.78 Å². The first kappa shape index (κ1) is 14.7. The molecular weight excluding hydrogens is 230 g/mol. The van der Waals surface area contributed by atoms with E-state index in [1.807, 2.05) is 27.7 Å². The van der Waals surface area contributed by atoms with E-state index in [9.17, 15) is 9.59 Å². The third-order valence-electron chi connectivity index (χ3n) is 3.18. The smallest absolute Gasteiger partial charge is 0.410 e. The number of likely N-dealkylation sites (tertiary alicyclic amines) is 1. The lowest BCUT2D eigenvalue weighted by molar-refractivity contribution is -0.121. The number of piperidine rings is 1. The molecule has 1 rings (SSSR count). The van der Waals surface area contributed by atoms with E-state index >= 15 is 0 Å². The van der Waals surface area contributed by atoms with E-state index in [1.165, 1.54) is 6.08 Å². The van der Waals surface area contributed by atoms with Gasteiger partial charge in [-0.15, -0.1) is 0 Å². The summed E-state index contributed by atoms with van der Waals surface area (Å²) in [4.78, 5) is 25.3. The Hall–Kier alpha value is -1.32. The normalized spacial score (nSPS) is 24.6. The van der Waals surface area contributed by atoms with Gasteiger partial charge in [0.1, 0.15) is 5.60 Å². The van der Waals surface area contributed by atoms with Gasteiger partial charge in [0.25, 0.3) is 0 Å². The Bertz CT molecular complexity index is 343. The molecule has 1 aliphatic rings. The molecule has 1 amide bonds. The summed E-state index contributed by atoms with van der Waals surface area (Å²) >= 11 is 0. The number of allylic oxidation sites excluding steroid dienone is 1. The molecule has 2 unspecified atom stereocenters. The van der Waals surface area contributed by atoms with E-state index in [1.54, 1.807) is 4.90 Å². The molecule has 0 N–H and O–H groups in total. The van der Waals surface area contributed by atoms with E-state index in [4.69, 9.17) is 4.74 Å². The van der Waals surface area contributed by atoms with Crippen LogP contribution in [0.4, 0.5) is 4.79 Å². The van der Waals surface area contributed by atoms with Crippen LogP contribution >= 0.6 is 0 Å². The Balaban J connectivity index is 2.67. The van der Waals surface area contributed by atoms with Crippen molar-refractivity contribution in [2.45, 2.75) is 39.7 Å². The third kappa shape index (κ3) is 3.86. The number of nitrogens with zero attached hydrogens (tertiary/aromatic N) is 1. The zero-order valence-corrected chi connectivity index (χ0v) is 11.7. The van der Waals surface area contributed by atoms with E-state index in [2.05, 4.69) is 6.58 Å². The molecule has 0 spiro atoms. The van der Waals surface area contributed by atoms with Crippen molar-refractivity contribution in [3.8, 4) is 0 Å². The molecule has 0 radical (unpaired) electrons. The molecule has 0 saturated carbocycles. The first-order valence-corrected chi connectivity index (χ1v) is 6.39. The van der Waals surface area contributed by atoms with Gasteiger partial charge in [-0.05, 0) is 39.2 Å². The molecule has 0 aromatic heterocycles. The molecule has 4 heteroatoms. The van der Waals surface area contributed by atoms with Crippen molar-refractivity contribution in [2.24, 2.45) is 11.8 Å². The van der Waals surface area contributed by atoms with Crippen molar-refractivity contribution in [3.05, 3.63) is 12.7 Å². The summed E-state index contributed by atoms with van der Waals surface area (Å²) < 4.78 is 5.32. The maximum atomic E-state index is 11.9. The molecule has 0 bridgehead atoms. The van der Waals surface area contributed by atoms with E-state index < -0.39 is 5.60 Å². The van der Waals surface area contributed by atoms with Crippen LogP contribution in [0.1, 0.15) is 34.1 Å². The fraction of sp³-hybridized carbons (Fsp3) is 0.714. The molecule has 0 aliphatic carbocycles. The Morgan fingerprint density at radius 2 is 2.00 bits per heavy atom. The van der Waals surface area contributed by atoms with Crippen molar-refractivity contribution in [1.82, 2.24) is 4.90 Å². The van der Waals surface area contributed by atoms with Gasteiger partial charge in [-0.1, -0.05) is 13.5 Å². The Kier molecular flexibility index (Phi) is 4.54. The van der Waals surface area contributed by atoms with Crippen molar-refractivity contribution in [3.63, 3.8) is 0 Å². The molecule has 1 saturated heterocycles. The number of rotatable bonds is 2. The first-order chi connectivity index (χ1) is 8.24. The molecular formula is C14H23NO3. The highest BCUT2D eigenvalue weighted by Gasteiger charge is 2.34. The van der Waals surface area contributed by atoms with Gasteiger partial charge in [-0.2, -0.15) is 0 Å². The second kappa shape index (κ2) is 5.55. The molecule has 1 heterocycles. The summed E-state index contributed by atoms with van der Waals surface area (Å²) in [5.41, 5.74) is -0.502. The zero-order chi connectivity index (χ0) is 13.9. The molecule has 18 heavy (non-hydrogen) atoms. The predicted molar refractivity (Wildman–Crippen MR) is 70.3 cm³/mol. The number of carbonyl (C=O) groups excluding carboxylic acids is 2. The fourth-order valence-electron chi connectivity index (χ4n) is 2.08. The van der Waals surface area contributed by atoms with Gasteiger partial charge in [0, 0.05) is 19.0 Å². The largest absolute Gasteiger partial charge is 0.444 e. The van der Waals surface area contributed by atoms with Gasteiger partial charge in [-0.3, -0.25) is 4.79 Å². The number of ketones is 1. The summed E-state index contributed by atoms with van der Waals surface area (Å²) in [6.07, 6.45) is 1.83. The van der Waals surface area contributed by atoms with Crippen LogP contribution in [0, 0.1) is 11.8 Å². The number of hydrogen-bond donors (Lipinski definition) is 0. The summed E-state index contributed by atoms with van der Waals surface area (Å²) in [5.74, 6) is 0.147. The second-order valence-electron chi connectivity index (χ2n) is 5.91. The molecule has 0 aromatic carbocycles. The fourth-order valence-corrected chi connectivity index (χ4v) is 2.08. The maximum Gasteiger partial charge on any atom is 0.410 e. The predicted octanol–water partition coefficient (Wildman–Crippen LogP) is 2.63. The number of ether oxygens (including phenoxy) is 1. The third-order valence-corrected chi connectivity index (χ3v) is 3.18. The summed E-state index contributed by atoms with van der Waals surface area (Å²) in [6.45, 7) is 12.1. The van der Waals surface area contributed by atoms with Crippen molar-refractivity contribution < 1.29 is 14.3 Å². The van der Waals surface area contributed by atoms with Crippen LogP contribution in [-0.2, 0) is 9.53 Å². The van der Waals surface area contributed by atoms with Crippen LogP contribution in [0.3, 0.4) is 0 Å². The van der Waals surface area contributed by atoms with Gasteiger partial charge < -0.3 is 9.64 Å². The number of carbonyl (C=O) groups is 2. The van der Waals surface area contributed by atoms with Gasteiger partial charge in [-0.25, -0.2) is 4.79 Å². The Labute approximate surface area is 109 Å². The summed E-state index contributed by atoms with van der Waals surface area (Å²) in [5, 5.41) is 0. The van der Waals surface area contributed by atoms with Crippen LogP contribution in [0.25, 0.3) is 0 Å². The molecule has 4 nitrogen and oxygen atoms in total. The lowest BCUT2D eigenvalue weighted by atomic mass is 9.84. The highest BCUT2D eigenvalue weighted by atomic mass is 16.6. The van der Waals surface area contributed by atoms with Crippen molar-refractivity contribution >= 4 is 11.9 Å². The van der Waals surface area contributed by atoms with Crippen LogP contribution in [0.5, 0.6) is 0 Å². The van der Waals surface area contributed by atoms with Crippen molar-refractivity contribution in [2.75, 3.05) is 13.1 Å². The minimum absolute atomic E-state index is 0.00996. The first-order valence-electron chi connectivity index (χ1n) is 6.39. The minimum atomic E-state index is -0.502. The van der Waals surface area contributed by atoms with Crippen LogP contribution < -0.4 is 0 Å². The Morgan fingerprint density at radius 3 is 2.50 bits per heavy atom. The van der Waals surface area contributed by atoms with Crippen molar-refractivity contribution in [1.29, 1.82) is 0 Å². The van der Waals surface area contributed by atoms with Gasteiger partial charge in [0.2, 0.25) is 0 Å². The molecule has 1 fully saturated rings. The van der Waals surface area contributed by atoms with E-state index in [0.717, 1.165) is 6.42 Å². The highest BCUT2D eigenvalue weighted by Crippen LogP contribution is 2.25. The SMILES string of the molecule is C=CC(=O)C1CN(C(=O)OC(C)(C)C)CCC1C. The van der Waals surface area contributed by atoms with Gasteiger partial charge >= 0.3 is 6.09 Å². The molecule has 0 aromatic rings. The molecule has 1 aliphatic heterocycles. The van der Waals surface area contributed by atoms with Crippen LogP contribution in [-0.4, -0.2) is 35.5 Å². The lowest BCUT2D eigenvalue weighted by Gasteiger charge is -2.36. The number of amides is 1. The topological polar surface area (TPSA) is 46.6 Å². The molecule has 102 valence electrons. The quantitative estimate of drug-likeness (QED) is 0.711. The monoisotopic (exact) mass is 253 g/mol. The Morgan fingerprint density at radius 1 is 1.39 bits per heavy atom. The van der Waals surface area contributed by atoms with E-state index in [-0.39, 0.29) is 23.7 Å². The minimum Gasteiger partial charge on any atom is -0.444 e. The maximum absolute atomic E-state index is 11.9. The highest BCUT2D eigenvalue weighted by molar-refractivity contribution is 5.92. The molecule has 2 atom stereocenters. The standard InChI is InChI=1S/C14H23NO3/c1-6-12(16)11-9-15(8-7-10(11)2)13(17)18-14(3,4)5/h6,10-11H,1,7-9H2,2-5H3. The summed E-state index contributed by atoms with van der Waals surface area (Å²) in [6, 6.07) is 0. The average molecular weight is 253 g/mol. The summed E-state index contributed by atoms with van der Waals surface area (Å²) in [7, 11) is 0. The van der Waals surface area contributed by atoms with E-state index in [0.29, 0.717) is 13.1 Å². The lowest BCUT2D eigenvalue weighted by Crippen LogP contribution is -2.47. The second-order valence-corrected chi connectivity index (χ2v) is 5.91. The van der Waals surface area contributed by atoms with Gasteiger partial charge in [0.05, 0.1) is 0 Å². The van der Waals surface area contributed by atoms with Crippen LogP contribution in [0.2, 0.25) is 0 Å². The zero-order valence-electron chi connectivity index (χ0n) is 11.7.